The molecule has 0 spiro atoms. The quantitative estimate of drug-likeness (QED) is 0.783. The maximum Gasteiger partial charge on any atom is 0.331 e. The van der Waals surface area contributed by atoms with Crippen LogP contribution < -0.4 is 10.1 Å². The topological polar surface area (TPSA) is 64.6 Å². The van der Waals surface area contributed by atoms with Crippen molar-refractivity contribution in [2.75, 3.05) is 7.11 Å². The largest absolute Gasteiger partial charge is 0.478 e. The number of hydrogen-bond donors (Lipinski definition) is 1. The van der Waals surface area contributed by atoms with E-state index in [0.717, 1.165) is 0 Å². The Bertz CT molecular complexity index is 556. The number of esters is 1. The molecule has 1 aromatic rings. The minimum atomic E-state index is -1.24. The Morgan fingerprint density at radius 2 is 1.74 bits per heavy atom. The number of benzene rings is 1. The molecule has 0 aliphatic heterocycles. The highest BCUT2D eigenvalue weighted by Gasteiger charge is 2.40. The zero-order valence-electron chi connectivity index (χ0n) is 14.2. The lowest BCUT2D eigenvalue weighted by molar-refractivity contribution is -0.153. The van der Waals surface area contributed by atoms with Gasteiger partial charge in [-0.15, -0.1) is 0 Å². The molecule has 0 heterocycles. The van der Waals surface area contributed by atoms with Gasteiger partial charge in [0, 0.05) is 0 Å². The van der Waals surface area contributed by atoms with Crippen molar-refractivity contribution in [2.45, 2.75) is 51.7 Å². The number of halogens is 1. The van der Waals surface area contributed by atoms with Crippen LogP contribution in [0.1, 0.15) is 40.5 Å². The predicted molar refractivity (Wildman–Crippen MR) is 84.6 cm³/mol. The van der Waals surface area contributed by atoms with Crippen molar-refractivity contribution in [3.63, 3.8) is 0 Å². The Hall–Kier alpha value is -2.11. The first-order valence-corrected chi connectivity index (χ1v) is 7.50. The highest BCUT2D eigenvalue weighted by atomic mass is 19.1. The van der Waals surface area contributed by atoms with Crippen LogP contribution in [-0.2, 0) is 14.3 Å². The molecule has 1 amide bonds. The van der Waals surface area contributed by atoms with Gasteiger partial charge in [0.1, 0.15) is 17.1 Å². The van der Waals surface area contributed by atoms with Gasteiger partial charge >= 0.3 is 5.97 Å². The molecule has 1 unspecified atom stereocenters. The van der Waals surface area contributed by atoms with Gasteiger partial charge in [0.25, 0.3) is 5.91 Å². The van der Waals surface area contributed by atoms with E-state index in [2.05, 4.69) is 5.32 Å². The fourth-order valence-corrected chi connectivity index (χ4v) is 2.19. The molecule has 0 aliphatic rings. The molecule has 5 nitrogen and oxygen atoms in total. The van der Waals surface area contributed by atoms with Crippen molar-refractivity contribution in [1.82, 2.24) is 5.32 Å². The lowest BCUT2D eigenvalue weighted by Crippen LogP contribution is -2.59. The third-order valence-corrected chi connectivity index (χ3v) is 3.51. The molecule has 0 aliphatic carbocycles. The van der Waals surface area contributed by atoms with Gasteiger partial charge in [-0.2, -0.15) is 0 Å². The van der Waals surface area contributed by atoms with Crippen LogP contribution in [0.25, 0.3) is 0 Å². The van der Waals surface area contributed by atoms with Gasteiger partial charge in [0.05, 0.1) is 7.11 Å². The zero-order chi connectivity index (χ0) is 17.7. The fourth-order valence-electron chi connectivity index (χ4n) is 2.19. The van der Waals surface area contributed by atoms with E-state index in [9.17, 15) is 14.0 Å². The summed E-state index contributed by atoms with van der Waals surface area (Å²) in [5.74, 6) is -0.990. The number of methoxy groups -OCH3 is 1. The summed E-state index contributed by atoms with van der Waals surface area (Å²) in [7, 11) is 1.28. The molecule has 6 heteroatoms. The van der Waals surface area contributed by atoms with Gasteiger partial charge in [0.15, 0.2) is 5.60 Å². The Morgan fingerprint density at radius 1 is 1.17 bits per heavy atom. The number of nitrogens with one attached hydrogen (secondary N) is 1. The lowest BCUT2D eigenvalue weighted by atomic mass is 9.94. The molecular formula is C17H24FNO4. The van der Waals surface area contributed by atoms with E-state index in [1.165, 1.54) is 31.4 Å². The maximum absolute atomic E-state index is 12.9. The SMILES string of the molecule is CCCC(C)(NC(=O)C(C)(C)Oc1ccc(F)cc1)C(=O)OC. The van der Waals surface area contributed by atoms with E-state index in [-0.39, 0.29) is 5.82 Å². The second-order valence-electron chi connectivity index (χ2n) is 6.09. The molecule has 0 fully saturated rings. The molecule has 0 saturated carbocycles. The third kappa shape index (κ3) is 4.94. The molecule has 0 saturated heterocycles. The third-order valence-electron chi connectivity index (χ3n) is 3.51. The molecule has 0 radical (unpaired) electrons. The van der Waals surface area contributed by atoms with E-state index in [4.69, 9.17) is 9.47 Å². The second-order valence-corrected chi connectivity index (χ2v) is 6.09. The maximum atomic E-state index is 12.9. The van der Waals surface area contributed by atoms with E-state index < -0.39 is 23.0 Å². The summed E-state index contributed by atoms with van der Waals surface area (Å²) in [5, 5.41) is 2.70. The van der Waals surface area contributed by atoms with Gasteiger partial charge in [-0.05, 0) is 51.5 Å². The van der Waals surface area contributed by atoms with Crippen LogP contribution in [0.3, 0.4) is 0 Å². The van der Waals surface area contributed by atoms with E-state index in [1.54, 1.807) is 20.8 Å². The molecule has 0 aromatic heterocycles. The molecule has 1 atom stereocenters. The van der Waals surface area contributed by atoms with Crippen LogP contribution in [0, 0.1) is 5.82 Å². The average molecular weight is 325 g/mol. The first-order chi connectivity index (χ1) is 10.6. The summed E-state index contributed by atoms with van der Waals surface area (Å²) in [6, 6.07) is 5.38. The number of rotatable bonds is 7. The molecule has 1 rings (SSSR count). The number of ether oxygens (including phenoxy) is 2. The van der Waals surface area contributed by atoms with Gasteiger partial charge in [-0.3, -0.25) is 4.79 Å². The summed E-state index contributed by atoms with van der Waals surface area (Å²) in [6.07, 6.45) is 1.14. The first kappa shape index (κ1) is 18.9. The molecular weight excluding hydrogens is 301 g/mol. The summed E-state index contributed by atoms with van der Waals surface area (Å²) in [6.45, 7) is 6.69. The van der Waals surface area contributed by atoms with Crippen molar-refractivity contribution in [3.8, 4) is 5.75 Å². The average Bonchev–Trinajstić information content (AvgIpc) is 2.48. The zero-order valence-corrected chi connectivity index (χ0v) is 14.2. The minimum absolute atomic E-state index is 0.363. The number of carbonyl (C=O) groups is 2. The first-order valence-electron chi connectivity index (χ1n) is 7.50. The van der Waals surface area contributed by atoms with Crippen LogP contribution in [0.2, 0.25) is 0 Å². The summed E-state index contributed by atoms with van der Waals surface area (Å²) in [5.41, 5.74) is -2.36. The van der Waals surface area contributed by atoms with Crippen molar-refractivity contribution >= 4 is 11.9 Å². The van der Waals surface area contributed by atoms with Gasteiger partial charge in [0.2, 0.25) is 0 Å². The summed E-state index contributed by atoms with van der Waals surface area (Å²) >= 11 is 0. The van der Waals surface area contributed by atoms with E-state index in [1.807, 2.05) is 6.92 Å². The fraction of sp³-hybridized carbons (Fsp3) is 0.529. The van der Waals surface area contributed by atoms with Crippen molar-refractivity contribution < 1.29 is 23.5 Å². The highest BCUT2D eigenvalue weighted by molar-refractivity contribution is 5.91. The van der Waals surface area contributed by atoms with Gasteiger partial charge in [-0.1, -0.05) is 13.3 Å². The molecule has 128 valence electrons. The van der Waals surface area contributed by atoms with Crippen molar-refractivity contribution in [2.24, 2.45) is 0 Å². The molecule has 23 heavy (non-hydrogen) atoms. The lowest BCUT2D eigenvalue weighted by Gasteiger charge is -2.32. The van der Waals surface area contributed by atoms with Crippen LogP contribution >= 0.6 is 0 Å². The van der Waals surface area contributed by atoms with Crippen LogP contribution in [0.5, 0.6) is 5.75 Å². The van der Waals surface area contributed by atoms with E-state index >= 15 is 0 Å². The molecule has 1 aromatic carbocycles. The van der Waals surface area contributed by atoms with Crippen LogP contribution in [0.4, 0.5) is 4.39 Å². The van der Waals surface area contributed by atoms with E-state index in [0.29, 0.717) is 18.6 Å². The predicted octanol–water partition coefficient (Wildman–Crippen LogP) is 2.83. The molecule has 0 bridgehead atoms. The van der Waals surface area contributed by atoms with Crippen molar-refractivity contribution in [1.29, 1.82) is 0 Å². The molecule has 1 N–H and O–H groups in total. The van der Waals surface area contributed by atoms with Crippen molar-refractivity contribution in [3.05, 3.63) is 30.1 Å². The monoisotopic (exact) mass is 325 g/mol. The van der Waals surface area contributed by atoms with Gasteiger partial charge < -0.3 is 14.8 Å². The summed E-state index contributed by atoms with van der Waals surface area (Å²) < 4.78 is 23.3. The highest BCUT2D eigenvalue weighted by Crippen LogP contribution is 2.21. The Labute approximate surface area is 136 Å². The normalized spacial score (nSPS) is 13.8. The standard InChI is InChI=1S/C17H24FNO4/c1-6-11-17(4,15(21)22-5)19-14(20)16(2,3)23-13-9-7-12(18)8-10-13/h7-10H,6,11H2,1-5H3,(H,19,20). The number of carbonyl (C=O) groups excluding carboxylic acids is 2. The number of amides is 1. The Kier molecular flexibility index (Phi) is 6.12. The van der Waals surface area contributed by atoms with Gasteiger partial charge in [-0.25, -0.2) is 9.18 Å². The van der Waals surface area contributed by atoms with Crippen LogP contribution in [-0.4, -0.2) is 30.1 Å². The Morgan fingerprint density at radius 3 is 2.22 bits per heavy atom. The summed E-state index contributed by atoms with van der Waals surface area (Å²) in [4.78, 5) is 24.5. The minimum Gasteiger partial charge on any atom is -0.478 e. The van der Waals surface area contributed by atoms with Crippen LogP contribution in [0.15, 0.2) is 24.3 Å². The number of hydrogen-bond acceptors (Lipinski definition) is 4. The second kappa shape index (κ2) is 7.44. The smallest absolute Gasteiger partial charge is 0.331 e. The Balaban J connectivity index is 2.87.